The van der Waals surface area contributed by atoms with Crippen LogP contribution in [0.1, 0.15) is 30.5 Å². The van der Waals surface area contributed by atoms with Gasteiger partial charge in [-0.3, -0.25) is 4.79 Å². The number of hydrogen-bond donors (Lipinski definition) is 2. The molecule has 0 aromatic heterocycles. The molecule has 1 aromatic rings. The molecule has 1 rings (SSSR count). The van der Waals surface area contributed by atoms with Gasteiger partial charge in [-0.1, -0.05) is 23.8 Å². The zero-order valence-corrected chi connectivity index (χ0v) is 12.1. The van der Waals surface area contributed by atoms with Crippen LogP contribution in [0.25, 0.3) is 0 Å². The van der Waals surface area contributed by atoms with Crippen LogP contribution in [0, 0.1) is 13.8 Å². The maximum atomic E-state index is 11.6. The first kappa shape index (κ1) is 14.7. The lowest BCUT2D eigenvalue weighted by molar-refractivity contribution is -0.121. The molecule has 18 heavy (non-hydrogen) atoms. The number of nitrogens with one attached hydrogen (secondary N) is 2. The molecule has 1 amide bonds. The molecule has 0 aliphatic heterocycles. The fourth-order valence-electron chi connectivity index (χ4n) is 2.15. The summed E-state index contributed by atoms with van der Waals surface area (Å²) in [6.07, 6.45) is 0.842. The molecule has 0 aliphatic rings. The Morgan fingerprint density at radius 2 is 1.94 bits per heavy atom. The van der Waals surface area contributed by atoms with Gasteiger partial charge in [0, 0.05) is 5.54 Å². The van der Waals surface area contributed by atoms with Gasteiger partial charge in [-0.05, 0) is 52.3 Å². The van der Waals surface area contributed by atoms with Crippen LogP contribution < -0.4 is 10.6 Å². The van der Waals surface area contributed by atoms with Crippen molar-refractivity contribution in [1.82, 2.24) is 10.6 Å². The van der Waals surface area contributed by atoms with Crippen molar-refractivity contribution in [3.8, 4) is 0 Å². The monoisotopic (exact) mass is 248 g/mol. The molecule has 0 heterocycles. The summed E-state index contributed by atoms with van der Waals surface area (Å²) in [5.41, 5.74) is 3.61. The van der Waals surface area contributed by atoms with E-state index in [4.69, 9.17) is 0 Å². The van der Waals surface area contributed by atoms with Gasteiger partial charge < -0.3 is 10.6 Å². The van der Waals surface area contributed by atoms with E-state index < -0.39 is 0 Å². The highest BCUT2D eigenvalue weighted by atomic mass is 16.2. The van der Waals surface area contributed by atoms with Crippen molar-refractivity contribution in [2.45, 2.75) is 39.7 Å². The second-order valence-electron chi connectivity index (χ2n) is 5.57. The van der Waals surface area contributed by atoms with Gasteiger partial charge in [-0.15, -0.1) is 0 Å². The van der Waals surface area contributed by atoms with Gasteiger partial charge in [0.2, 0.25) is 5.91 Å². The summed E-state index contributed by atoms with van der Waals surface area (Å²) in [6.45, 7) is 8.68. The van der Waals surface area contributed by atoms with Gasteiger partial charge >= 0.3 is 0 Å². The Balaban J connectivity index is 2.72. The van der Waals surface area contributed by atoms with Crippen LogP contribution >= 0.6 is 0 Å². The molecule has 0 unspecified atom stereocenters. The predicted octanol–water partition coefficient (Wildman–Crippen LogP) is 1.96. The number of rotatable bonds is 5. The quantitative estimate of drug-likeness (QED) is 0.836. The van der Waals surface area contributed by atoms with Crippen LogP contribution in [0.4, 0.5) is 0 Å². The first-order valence-corrected chi connectivity index (χ1v) is 6.36. The van der Waals surface area contributed by atoms with E-state index in [-0.39, 0.29) is 11.4 Å². The third-order valence-corrected chi connectivity index (χ3v) is 2.95. The number of aryl methyl sites for hydroxylation is 2. The van der Waals surface area contributed by atoms with Crippen molar-refractivity contribution >= 4 is 5.91 Å². The largest absolute Gasteiger partial charge is 0.350 e. The summed E-state index contributed by atoms with van der Waals surface area (Å²) < 4.78 is 0. The van der Waals surface area contributed by atoms with E-state index in [1.54, 1.807) is 7.05 Å². The SMILES string of the molecule is CNCC(=O)NC(C)(C)Cc1ccc(C)cc1C. The van der Waals surface area contributed by atoms with Crippen molar-refractivity contribution in [3.63, 3.8) is 0 Å². The summed E-state index contributed by atoms with van der Waals surface area (Å²) in [5, 5.41) is 5.91. The zero-order valence-electron chi connectivity index (χ0n) is 12.1. The molecule has 0 aliphatic carbocycles. The average Bonchev–Trinajstić information content (AvgIpc) is 2.21. The van der Waals surface area contributed by atoms with Crippen LogP contribution in [0.3, 0.4) is 0 Å². The Morgan fingerprint density at radius 1 is 1.28 bits per heavy atom. The zero-order chi connectivity index (χ0) is 13.8. The molecule has 2 N–H and O–H groups in total. The number of benzene rings is 1. The van der Waals surface area contributed by atoms with Crippen molar-refractivity contribution in [3.05, 3.63) is 34.9 Å². The van der Waals surface area contributed by atoms with Crippen LogP contribution in [-0.4, -0.2) is 25.0 Å². The van der Waals surface area contributed by atoms with Gasteiger partial charge in [-0.25, -0.2) is 0 Å². The smallest absolute Gasteiger partial charge is 0.234 e. The fraction of sp³-hybridized carbons (Fsp3) is 0.533. The van der Waals surface area contributed by atoms with E-state index in [2.05, 4.69) is 56.5 Å². The minimum absolute atomic E-state index is 0.0345. The number of carbonyl (C=O) groups is 1. The van der Waals surface area contributed by atoms with E-state index in [9.17, 15) is 4.79 Å². The molecule has 1 aromatic carbocycles. The molecule has 0 spiro atoms. The molecule has 0 atom stereocenters. The molecular weight excluding hydrogens is 224 g/mol. The molecule has 0 fully saturated rings. The maximum absolute atomic E-state index is 11.6. The van der Waals surface area contributed by atoms with Crippen LogP contribution in [0.5, 0.6) is 0 Å². The van der Waals surface area contributed by atoms with Crippen molar-refractivity contribution < 1.29 is 4.79 Å². The Labute approximate surface area is 110 Å². The molecule has 0 saturated heterocycles. The Hall–Kier alpha value is -1.35. The maximum Gasteiger partial charge on any atom is 0.234 e. The highest BCUT2D eigenvalue weighted by molar-refractivity contribution is 5.78. The van der Waals surface area contributed by atoms with Gasteiger partial charge in [0.15, 0.2) is 0 Å². The van der Waals surface area contributed by atoms with Crippen molar-refractivity contribution in [2.24, 2.45) is 0 Å². The van der Waals surface area contributed by atoms with Crippen molar-refractivity contribution in [1.29, 1.82) is 0 Å². The molecule has 0 bridgehead atoms. The first-order valence-electron chi connectivity index (χ1n) is 6.36. The topological polar surface area (TPSA) is 41.1 Å². The second kappa shape index (κ2) is 6.01. The van der Waals surface area contributed by atoms with E-state index in [0.29, 0.717) is 6.54 Å². The number of hydrogen-bond acceptors (Lipinski definition) is 2. The first-order chi connectivity index (χ1) is 8.34. The standard InChI is InChI=1S/C15H24N2O/c1-11-6-7-13(12(2)8-11)9-15(3,4)17-14(18)10-16-5/h6-8,16H,9-10H2,1-5H3,(H,17,18). The lowest BCUT2D eigenvalue weighted by Crippen LogP contribution is -2.48. The minimum Gasteiger partial charge on any atom is -0.350 e. The third kappa shape index (κ3) is 4.49. The Bertz CT molecular complexity index is 425. The van der Waals surface area contributed by atoms with E-state index in [1.807, 2.05) is 0 Å². The van der Waals surface area contributed by atoms with Crippen LogP contribution in [0.2, 0.25) is 0 Å². The van der Waals surface area contributed by atoms with E-state index in [1.165, 1.54) is 16.7 Å². The van der Waals surface area contributed by atoms with Gasteiger partial charge in [0.05, 0.1) is 6.54 Å². The molecule has 0 radical (unpaired) electrons. The summed E-state index contributed by atoms with van der Waals surface area (Å²) in [5.74, 6) is 0.0345. The molecule has 100 valence electrons. The minimum atomic E-state index is -0.228. The molecule has 0 saturated carbocycles. The van der Waals surface area contributed by atoms with Crippen LogP contribution in [0.15, 0.2) is 18.2 Å². The fourth-order valence-corrected chi connectivity index (χ4v) is 2.15. The van der Waals surface area contributed by atoms with Crippen LogP contribution in [-0.2, 0) is 11.2 Å². The Kier molecular flexibility index (Phi) is 4.91. The summed E-state index contributed by atoms with van der Waals surface area (Å²) in [6, 6.07) is 6.45. The van der Waals surface area contributed by atoms with E-state index in [0.717, 1.165) is 6.42 Å². The molecule has 3 nitrogen and oxygen atoms in total. The van der Waals surface area contributed by atoms with Crippen molar-refractivity contribution in [2.75, 3.05) is 13.6 Å². The summed E-state index contributed by atoms with van der Waals surface area (Å²) >= 11 is 0. The lowest BCUT2D eigenvalue weighted by Gasteiger charge is -2.27. The lowest BCUT2D eigenvalue weighted by atomic mass is 9.91. The predicted molar refractivity (Wildman–Crippen MR) is 75.8 cm³/mol. The van der Waals surface area contributed by atoms with Gasteiger partial charge in [0.1, 0.15) is 0 Å². The average molecular weight is 248 g/mol. The number of amides is 1. The Morgan fingerprint density at radius 3 is 2.50 bits per heavy atom. The highest BCUT2D eigenvalue weighted by Crippen LogP contribution is 2.17. The molecule has 3 heteroatoms. The molecular formula is C15H24N2O. The number of carbonyl (C=O) groups excluding carboxylic acids is 1. The summed E-state index contributed by atoms with van der Waals surface area (Å²) in [7, 11) is 1.77. The van der Waals surface area contributed by atoms with Gasteiger partial charge in [0.25, 0.3) is 0 Å². The van der Waals surface area contributed by atoms with E-state index >= 15 is 0 Å². The second-order valence-corrected chi connectivity index (χ2v) is 5.57. The van der Waals surface area contributed by atoms with Gasteiger partial charge in [-0.2, -0.15) is 0 Å². The highest BCUT2D eigenvalue weighted by Gasteiger charge is 2.21. The third-order valence-electron chi connectivity index (χ3n) is 2.95. The number of likely N-dealkylation sites (N-methyl/N-ethyl adjacent to an activating group) is 1. The summed E-state index contributed by atoms with van der Waals surface area (Å²) in [4.78, 5) is 11.6. The normalized spacial score (nSPS) is 11.4.